The Hall–Kier alpha value is -3.26. The first-order chi connectivity index (χ1) is 16.0. The minimum atomic E-state index is -3.50. The summed E-state index contributed by atoms with van der Waals surface area (Å²) in [5.74, 6) is 0. The molecule has 1 aromatic carbocycles. The van der Waals surface area contributed by atoms with Gasteiger partial charge in [-0.15, -0.1) is 0 Å². The van der Waals surface area contributed by atoms with Gasteiger partial charge in [-0.3, -0.25) is 0 Å². The normalized spacial score (nSPS) is 19.1. The van der Waals surface area contributed by atoms with Gasteiger partial charge in [-0.2, -0.15) is 22.3 Å². The number of aromatic nitrogens is 4. The summed E-state index contributed by atoms with van der Waals surface area (Å²) in [6, 6.07) is 12.3. The van der Waals surface area contributed by atoms with Crippen molar-refractivity contribution in [3.05, 3.63) is 49.1 Å². The van der Waals surface area contributed by atoms with Gasteiger partial charge in [0.15, 0.2) is 0 Å². The summed E-state index contributed by atoms with van der Waals surface area (Å²) >= 11 is 0. The highest BCUT2D eigenvalue weighted by atomic mass is 32.2. The Labute approximate surface area is 191 Å². The monoisotopic (exact) mass is 461 g/mol. The molecule has 6 rings (SSSR count). The topological polar surface area (TPSA) is 111 Å². The summed E-state index contributed by atoms with van der Waals surface area (Å²) in [6.07, 6.45) is 7.42. The number of nitrogens with zero attached hydrogens (tertiary/aromatic N) is 6. The largest absolute Gasteiger partial charge is 0.346 e. The van der Waals surface area contributed by atoms with Gasteiger partial charge in [-0.25, -0.2) is 9.97 Å². The van der Waals surface area contributed by atoms with Crippen molar-refractivity contribution < 1.29 is 8.42 Å². The molecule has 0 radical (unpaired) electrons. The number of H-pyrrole nitrogens is 1. The fourth-order valence-electron chi connectivity index (χ4n) is 5.20. The number of benzene rings is 1. The third-order valence-corrected chi connectivity index (χ3v) is 8.83. The molecule has 4 aromatic rings. The summed E-state index contributed by atoms with van der Waals surface area (Å²) in [6.45, 7) is 1.70. The Morgan fingerprint density at radius 2 is 1.85 bits per heavy atom. The summed E-state index contributed by atoms with van der Waals surface area (Å²) in [5, 5.41) is 11.6. The Bertz CT molecular complexity index is 1500. The van der Waals surface area contributed by atoms with Gasteiger partial charge in [0.25, 0.3) is 10.2 Å². The number of para-hydroxylation sites is 1. The van der Waals surface area contributed by atoms with Crippen LogP contribution in [0.15, 0.2) is 49.1 Å². The van der Waals surface area contributed by atoms with Gasteiger partial charge in [-0.1, -0.05) is 18.2 Å². The van der Waals surface area contributed by atoms with E-state index in [-0.39, 0.29) is 19.5 Å². The fraction of sp³-hybridized carbons (Fsp3) is 0.348. The predicted octanol–water partition coefficient (Wildman–Crippen LogP) is 2.84. The molecule has 0 aliphatic carbocycles. The van der Waals surface area contributed by atoms with E-state index in [1.54, 1.807) is 10.6 Å². The number of nitrogens with one attached hydrogen (secondary N) is 1. The molecule has 33 heavy (non-hydrogen) atoms. The molecule has 2 aliphatic heterocycles. The maximum atomic E-state index is 13.1. The van der Waals surface area contributed by atoms with Crippen LogP contribution in [0, 0.1) is 11.3 Å². The number of fused-ring (bicyclic) bond motifs is 2. The lowest BCUT2D eigenvalue weighted by Gasteiger charge is -2.50. The van der Waals surface area contributed by atoms with E-state index in [9.17, 15) is 13.7 Å². The second kappa shape index (κ2) is 7.38. The summed E-state index contributed by atoms with van der Waals surface area (Å²) in [5.41, 5.74) is 2.85. The quantitative estimate of drug-likeness (QED) is 0.491. The zero-order valence-electron chi connectivity index (χ0n) is 18.0. The van der Waals surface area contributed by atoms with E-state index >= 15 is 0 Å². The average molecular weight is 462 g/mol. The van der Waals surface area contributed by atoms with Gasteiger partial charge in [0, 0.05) is 60.4 Å². The van der Waals surface area contributed by atoms with Crippen LogP contribution in [0.5, 0.6) is 0 Å². The SMILES string of the molecule is N#CCC1(n2cc(-c3ncnc4[nH]ccc34)c3ccccc32)CN(S(=O)(=O)N2CCCC2)C1. The highest BCUT2D eigenvalue weighted by Crippen LogP contribution is 2.42. The zero-order chi connectivity index (χ0) is 22.6. The lowest BCUT2D eigenvalue weighted by atomic mass is 9.88. The average Bonchev–Trinajstić information content (AvgIpc) is 3.55. The van der Waals surface area contributed by atoms with Crippen molar-refractivity contribution >= 4 is 32.1 Å². The first kappa shape index (κ1) is 20.4. The summed E-state index contributed by atoms with van der Waals surface area (Å²) < 4.78 is 31.3. The molecule has 0 atom stereocenters. The number of rotatable bonds is 5. The maximum absolute atomic E-state index is 13.1. The van der Waals surface area contributed by atoms with Gasteiger partial charge in [0.2, 0.25) is 0 Å². The first-order valence-electron chi connectivity index (χ1n) is 11.0. The third-order valence-electron chi connectivity index (χ3n) is 6.90. The van der Waals surface area contributed by atoms with Crippen LogP contribution in [0.1, 0.15) is 19.3 Å². The Balaban J connectivity index is 1.46. The van der Waals surface area contributed by atoms with Crippen LogP contribution in [0.4, 0.5) is 0 Å². The van der Waals surface area contributed by atoms with Crippen molar-refractivity contribution in [3.63, 3.8) is 0 Å². The number of nitriles is 1. The molecule has 2 saturated heterocycles. The molecule has 0 bridgehead atoms. The van der Waals surface area contributed by atoms with E-state index in [4.69, 9.17) is 0 Å². The lowest BCUT2D eigenvalue weighted by molar-refractivity contribution is 0.0833. The van der Waals surface area contributed by atoms with Crippen molar-refractivity contribution in [3.8, 4) is 17.3 Å². The molecule has 0 spiro atoms. The van der Waals surface area contributed by atoms with Crippen LogP contribution in [-0.2, 0) is 15.7 Å². The van der Waals surface area contributed by atoms with Crippen LogP contribution in [0.2, 0.25) is 0 Å². The Kier molecular flexibility index (Phi) is 4.55. The van der Waals surface area contributed by atoms with Gasteiger partial charge in [0.1, 0.15) is 12.0 Å². The van der Waals surface area contributed by atoms with E-state index in [2.05, 4.69) is 25.6 Å². The molecule has 2 fully saturated rings. The molecule has 5 heterocycles. The number of hydrogen-bond donors (Lipinski definition) is 1. The van der Waals surface area contributed by atoms with Crippen molar-refractivity contribution in [2.45, 2.75) is 24.8 Å². The number of aromatic amines is 1. The van der Waals surface area contributed by atoms with Crippen molar-refractivity contribution in [1.29, 1.82) is 5.26 Å². The van der Waals surface area contributed by atoms with E-state index in [1.165, 1.54) is 4.31 Å². The van der Waals surface area contributed by atoms with E-state index in [1.807, 2.05) is 42.7 Å². The van der Waals surface area contributed by atoms with Crippen LogP contribution in [0.25, 0.3) is 33.2 Å². The highest BCUT2D eigenvalue weighted by Gasteiger charge is 2.51. The van der Waals surface area contributed by atoms with Crippen LogP contribution >= 0.6 is 0 Å². The van der Waals surface area contributed by atoms with Crippen molar-refractivity contribution in [2.24, 2.45) is 0 Å². The third kappa shape index (κ3) is 3.00. The van der Waals surface area contributed by atoms with Crippen LogP contribution in [0.3, 0.4) is 0 Å². The number of hydrogen-bond acceptors (Lipinski definition) is 5. The molecule has 0 amide bonds. The minimum absolute atomic E-state index is 0.223. The molecular weight excluding hydrogens is 438 g/mol. The van der Waals surface area contributed by atoms with Gasteiger partial charge < -0.3 is 9.55 Å². The molecular formula is C23H23N7O2S. The first-order valence-corrected chi connectivity index (χ1v) is 12.4. The van der Waals surface area contributed by atoms with E-state index in [0.717, 1.165) is 46.0 Å². The second-order valence-corrected chi connectivity index (χ2v) is 10.8. The molecule has 9 nitrogen and oxygen atoms in total. The molecule has 0 saturated carbocycles. The molecule has 2 aliphatic rings. The van der Waals surface area contributed by atoms with Crippen molar-refractivity contribution in [1.82, 2.24) is 28.1 Å². The molecule has 168 valence electrons. The highest BCUT2D eigenvalue weighted by molar-refractivity contribution is 7.86. The van der Waals surface area contributed by atoms with E-state index in [0.29, 0.717) is 13.1 Å². The van der Waals surface area contributed by atoms with Crippen molar-refractivity contribution in [2.75, 3.05) is 26.2 Å². The lowest BCUT2D eigenvalue weighted by Crippen LogP contribution is -2.65. The van der Waals surface area contributed by atoms with Gasteiger partial charge in [0.05, 0.1) is 23.7 Å². The standard InChI is InChI=1S/C23H23N7O2S/c24-9-8-23(14-29(15-23)33(31,32)28-11-3-4-12-28)30-13-19(17-5-1-2-6-20(17)30)21-18-7-10-25-22(18)27-16-26-21/h1-2,5-7,10,13,16H,3-4,8,11-12,14-15H2,(H,25,26,27). The Morgan fingerprint density at radius 1 is 1.06 bits per heavy atom. The second-order valence-electron chi connectivity index (χ2n) is 8.83. The zero-order valence-corrected chi connectivity index (χ0v) is 18.8. The molecule has 0 unspecified atom stereocenters. The van der Waals surface area contributed by atoms with Crippen LogP contribution in [-0.4, -0.2) is 62.7 Å². The minimum Gasteiger partial charge on any atom is -0.346 e. The maximum Gasteiger partial charge on any atom is 0.282 e. The Morgan fingerprint density at radius 3 is 2.64 bits per heavy atom. The van der Waals surface area contributed by atoms with Gasteiger partial charge in [-0.05, 0) is 25.0 Å². The molecule has 1 N–H and O–H groups in total. The van der Waals surface area contributed by atoms with E-state index < -0.39 is 15.7 Å². The summed E-state index contributed by atoms with van der Waals surface area (Å²) in [4.78, 5) is 12.0. The van der Waals surface area contributed by atoms with Crippen LogP contribution < -0.4 is 0 Å². The van der Waals surface area contributed by atoms with Gasteiger partial charge >= 0.3 is 0 Å². The smallest absolute Gasteiger partial charge is 0.282 e. The summed E-state index contributed by atoms with van der Waals surface area (Å²) in [7, 11) is -3.50. The fourth-order valence-corrected chi connectivity index (χ4v) is 7.05. The predicted molar refractivity (Wildman–Crippen MR) is 124 cm³/mol. The molecule has 10 heteroatoms. The molecule has 3 aromatic heterocycles.